The summed E-state index contributed by atoms with van der Waals surface area (Å²) in [5, 5.41) is 5.80. The maximum absolute atomic E-state index is 12.3. The number of carbonyl (C=O) groups excluding carboxylic acids is 2. The average Bonchev–Trinajstić information content (AvgIpc) is 2.59. The lowest BCUT2D eigenvalue weighted by atomic mass is 10.2. The van der Waals surface area contributed by atoms with Gasteiger partial charge in [-0.25, -0.2) is 0 Å². The first-order valence-corrected chi connectivity index (χ1v) is 7.40. The summed E-state index contributed by atoms with van der Waals surface area (Å²) in [6.45, 7) is 3.57. The molecule has 124 valence electrons. The first kappa shape index (κ1) is 17.5. The van der Waals surface area contributed by atoms with Crippen LogP contribution in [0.15, 0.2) is 49.2 Å². The standard InChI is InChI=1S/C17H16ClN3O3/c1-3-16(22)20-10-14-6-11(4-5-19-14)17(23)21-13-7-12(18)8-15(9-13)24-2/h3-9H,1,10H2,2H3,(H,20,22)(H,21,23). The molecule has 1 heterocycles. The van der Waals surface area contributed by atoms with Gasteiger partial charge in [-0.3, -0.25) is 14.6 Å². The summed E-state index contributed by atoms with van der Waals surface area (Å²) in [5.74, 6) is -0.0870. The number of benzene rings is 1. The summed E-state index contributed by atoms with van der Waals surface area (Å²) in [6, 6.07) is 8.10. The van der Waals surface area contributed by atoms with Crippen LogP contribution < -0.4 is 15.4 Å². The number of pyridine rings is 1. The number of methoxy groups -OCH3 is 1. The van der Waals surface area contributed by atoms with E-state index < -0.39 is 0 Å². The highest BCUT2D eigenvalue weighted by molar-refractivity contribution is 6.31. The minimum atomic E-state index is -0.321. The van der Waals surface area contributed by atoms with Crippen LogP contribution in [-0.2, 0) is 11.3 Å². The molecule has 0 radical (unpaired) electrons. The molecule has 1 aromatic heterocycles. The molecule has 0 bridgehead atoms. The molecule has 2 N–H and O–H groups in total. The number of aromatic nitrogens is 1. The molecule has 1 aromatic carbocycles. The minimum Gasteiger partial charge on any atom is -0.497 e. The predicted octanol–water partition coefficient (Wildman–Crippen LogP) is 2.80. The van der Waals surface area contributed by atoms with Crippen molar-refractivity contribution in [1.29, 1.82) is 0 Å². The molecule has 0 saturated carbocycles. The van der Waals surface area contributed by atoms with Gasteiger partial charge in [-0.2, -0.15) is 0 Å². The number of ether oxygens (including phenoxy) is 1. The van der Waals surface area contributed by atoms with E-state index in [0.29, 0.717) is 27.7 Å². The second-order valence-electron chi connectivity index (χ2n) is 4.79. The second-order valence-corrected chi connectivity index (χ2v) is 5.23. The Morgan fingerprint density at radius 2 is 2.12 bits per heavy atom. The fraction of sp³-hybridized carbons (Fsp3) is 0.118. The Bertz CT molecular complexity index is 777. The van der Waals surface area contributed by atoms with E-state index in [0.717, 1.165) is 0 Å². The Hall–Kier alpha value is -2.86. The quantitative estimate of drug-likeness (QED) is 0.789. The fourth-order valence-electron chi connectivity index (χ4n) is 1.92. The lowest BCUT2D eigenvalue weighted by Crippen LogP contribution is -2.21. The highest BCUT2D eigenvalue weighted by Crippen LogP contribution is 2.24. The predicted molar refractivity (Wildman–Crippen MR) is 92.2 cm³/mol. The van der Waals surface area contributed by atoms with Crippen LogP contribution in [0.1, 0.15) is 16.1 Å². The number of halogens is 1. The molecule has 0 saturated heterocycles. The zero-order valence-electron chi connectivity index (χ0n) is 13.0. The smallest absolute Gasteiger partial charge is 0.255 e. The van der Waals surface area contributed by atoms with E-state index in [4.69, 9.17) is 16.3 Å². The van der Waals surface area contributed by atoms with Gasteiger partial charge in [0.2, 0.25) is 5.91 Å². The summed E-state index contributed by atoms with van der Waals surface area (Å²) in [7, 11) is 1.52. The fourth-order valence-corrected chi connectivity index (χ4v) is 2.15. The lowest BCUT2D eigenvalue weighted by Gasteiger charge is -2.09. The van der Waals surface area contributed by atoms with E-state index in [2.05, 4.69) is 22.2 Å². The van der Waals surface area contributed by atoms with Crippen LogP contribution in [0.2, 0.25) is 5.02 Å². The molecule has 0 aliphatic carbocycles. The molecule has 0 aliphatic rings. The Morgan fingerprint density at radius 1 is 1.33 bits per heavy atom. The lowest BCUT2D eigenvalue weighted by molar-refractivity contribution is -0.116. The van der Waals surface area contributed by atoms with E-state index in [1.54, 1.807) is 30.3 Å². The summed E-state index contributed by atoms with van der Waals surface area (Å²) in [4.78, 5) is 27.6. The van der Waals surface area contributed by atoms with Crippen LogP contribution in [-0.4, -0.2) is 23.9 Å². The zero-order chi connectivity index (χ0) is 17.5. The number of nitrogens with zero attached hydrogens (tertiary/aromatic N) is 1. The molecule has 24 heavy (non-hydrogen) atoms. The average molecular weight is 346 g/mol. The second kappa shape index (κ2) is 8.12. The van der Waals surface area contributed by atoms with Gasteiger partial charge >= 0.3 is 0 Å². The zero-order valence-corrected chi connectivity index (χ0v) is 13.8. The topological polar surface area (TPSA) is 80.3 Å². The molecule has 2 rings (SSSR count). The van der Waals surface area contributed by atoms with Crippen LogP contribution in [0.4, 0.5) is 5.69 Å². The Morgan fingerprint density at radius 3 is 2.83 bits per heavy atom. The molecule has 0 unspecified atom stereocenters. The van der Waals surface area contributed by atoms with Gasteiger partial charge in [0, 0.05) is 28.5 Å². The van der Waals surface area contributed by atoms with Crippen molar-refractivity contribution < 1.29 is 14.3 Å². The van der Waals surface area contributed by atoms with Crippen LogP contribution in [0.3, 0.4) is 0 Å². The van der Waals surface area contributed by atoms with Crippen molar-refractivity contribution >= 4 is 29.1 Å². The summed E-state index contributed by atoms with van der Waals surface area (Å²) in [6.07, 6.45) is 2.67. The molecule has 6 nitrogen and oxygen atoms in total. The Kier molecular flexibility index (Phi) is 5.92. The highest BCUT2D eigenvalue weighted by Gasteiger charge is 2.09. The molecular weight excluding hydrogens is 330 g/mol. The van der Waals surface area contributed by atoms with E-state index in [-0.39, 0.29) is 18.4 Å². The number of hydrogen-bond acceptors (Lipinski definition) is 4. The SMILES string of the molecule is C=CC(=O)NCc1cc(C(=O)Nc2cc(Cl)cc(OC)c2)ccn1. The van der Waals surface area contributed by atoms with Gasteiger partial charge in [0.15, 0.2) is 0 Å². The van der Waals surface area contributed by atoms with Crippen LogP contribution in [0.5, 0.6) is 5.75 Å². The van der Waals surface area contributed by atoms with Crippen LogP contribution in [0.25, 0.3) is 0 Å². The molecule has 2 aromatic rings. The molecule has 0 fully saturated rings. The van der Waals surface area contributed by atoms with Gasteiger partial charge in [-0.1, -0.05) is 18.2 Å². The van der Waals surface area contributed by atoms with Gasteiger partial charge in [-0.05, 0) is 30.3 Å². The van der Waals surface area contributed by atoms with Gasteiger partial charge < -0.3 is 15.4 Å². The highest BCUT2D eigenvalue weighted by atomic mass is 35.5. The molecule has 0 atom stereocenters. The third-order valence-electron chi connectivity index (χ3n) is 3.07. The number of carbonyl (C=O) groups is 2. The third kappa shape index (κ3) is 4.82. The van der Waals surface area contributed by atoms with Crippen LogP contribution in [0, 0.1) is 0 Å². The molecule has 7 heteroatoms. The van der Waals surface area contributed by atoms with Crippen LogP contribution >= 0.6 is 11.6 Å². The van der Waals surface area contributed by atoms with Gasteiger partial charge in [0.05, 0.1) is 19.3 Å². The monoisotopic (exact) mass is 345 g/mol. The maximum Gasteiger partial charge on any atom is 0.255 e. The van der Waals surface area contributed by atoms with Crippen molar-refractivity contribution in [3.8, 4) is 5.75 Å². The van der Waals surface area contributed by atoms with E-state index in [9.17, 15) is 9.59 Å². The van der Waals surface area contributed by atoms with Crippen molar-refractivity contribution in [1.82, 2.24) is 10.3 Å². The van der Waals surface area contributed by atoms with E-state index in [1.807, 2.05) is 0 Å². The summed E-state index contributed by atoms with van der Waals surface area (Å²) >= 11 is 5.98. The van der Waals surface area contributed by atoms with Gasteiger partial charge in [0.1, 0.15) is 5.75 Å². The van der Waals surface area contributed by atoms with Crippen molar-refractivity contribution in [3.63, 3.8) is 0 Å². The van der Waals surface area contributed by atoms with Gasteiger partial charge in [-0.15, -0.1) is 0 Å². The van der Waals surface area contributed by atoms with Gasteiger partial charge in [0.25, 0.3) is 5.91 Å². The van der Waals surface area contributed by atoms with Crippen molar-refractivity contribution in [3.05, 3.63) is 65.5 Å². The van der Waals surface area contributed by atoms with Crippen molar-refractivity contribution in [2.75, 3.05) is 12.4 Å². The molecule has 0 aliphatic heterocycles. The Balaban J connectivity index is 2.11. The maximum atomic E-state index is 12.3. The summed E-state index contributed by atoms with van der Waals surface area (Å²) in [5.41, 5.74) is 1.48. The normalized spacial score (nSPS) is 9.92. The Labute approximate surface area is 144 Å². The molecule has 2 amide bonds. The largest absolute Gasteiger partial charge is 0.497 e. The number of rotatable bonds is 6. The minimum absolute atomic E-state index is 0.205. The molecular formula is C17H16ClN3O3. The van der Waals surface area contributed by atoms with E-state index in [1.165, 1.54) is 19.4 Å². The number of anilines is 1. The first-order chi connectivity index (χ1) is 11.5. The summed E-state index contributed by atoms with van der Waals surface area (Å²) < 4.78 is 5.11. The van der Waals surface area contributed by atoms with E-state index >= 15 is 0 Å². The first-order valence-electron chi connectivity index (χ1n) is 7.03. The van der Waals surface area contributed by atoms with Crippen molar-refractivity contribution in [2.45, 2.75) is 6.54 Å². The van der Waals surface area contributed by atoms with Crippen molar-refractivity contribution in [2.24, 2.45) is 0 Å². The number of amides is 2. The molecule has 0 spiro atoms. The number of nitrogens with one attached hydrogen (secondary N) is 2. The third-order valence-corrected chi connectivity index (χ3v) is 3.29. The number of hydrogen-bond donors (Lipinski definition) is 2.